The lowest BCUT2D eigenvalue weighted by Gasteiger charge is -2.28. The summed E-state index contributed by atoms with van der Waals surface area (Å²) in [6.07, 6.45) is 0.0853. The summed E-state index contributed by atoms with van der Waals surface area (Å²) in [5, 5.41) is 8.55. The molecule has 0 aliphatic carbocycles. The van der Waals surface area contributed by atoms with Gasteiger partial charge in [-0.2, -0.15) is 16.1 Å². The van der Waals surface area contributed by atoms with Gasteiger partial charge in [-0.1, -0.05) is 35.9 Å². The molecule has 1 saturated heterocycles. The number of hydrogen-bond donors (Lipinski definition) is 2. The Morgan fingerprint density at radius 2 is 1.82 bits per heavy atom. The van der Waals surface area contributed by atoms with Gasteiger partial charge in [0, 0.05) is 17.1 Å². The minimum Gasteiger partial charge on any atom is -0.354 e. The van der Waals surface area contributed by atoms with Gasteiger partial charge in [-0.05, 0) is 81.9 Å². The Bertz CT molecular complexity index is 1550. The fourth-order valence-corrected chi connectivity index (χ4v) is 6.82. The van der Waals surface area contributed by atoms with E-state index in [9.17, 15) is 13.2 Å². The Morgan fingerprint density at radius 3 is 2.50 bits per heavy atom. The molecule has 1 aliphatic heterocycles. The van der Waals surface area contributed by atoms with Gasteiger partial charge < -0.3 is 5.32 Å². The van der Waals surface area contributed by atoms with Crippen molar-refractivity contribution < 1.29 is 17.6 Å². The molecule has 1 fully saturated rings. The molecule has 1 atom stereocenters. The number of fused-ring (bicyclic) bond motifs is 1. The van der Waals surface area contributed by atoms with Crippen LogP contribution in [-0.4, -0.2) is 20.9 Å². The van der Waals surface area contributed by atoms with Crippen molar-refractivity contribution in [3.63, 3.8) is 0 Å². The first-order chi connectivity index (χ1) is 16.2. The van der Waals surface area contributed by atoms with Crippen LogP contribution in [0.3, 0.4) is 0 Å². The molecule has 9 heteroatoms. The first-order valence-electron chi connectivity index (χ1n) is 10.5. The minimum absolute atomic E-state index is 0.00437. The van der Waals surface area contributed by atoms with E-state index in [1.165, 1.54) is 35.6 Å². The normalized spacial score (nSPS) is 18.4. The molecule has 3 aromatic carbocycles. The molecule has 0 saturated carbocycles. The second kappa shape index (κ2) is 8.46. The SMILES string of the molecule is Cc1cscc1-c1ccc([C@@]2(NS(=O)(=O)c3ccc4cc(Cl)ccc4c3)CCNC2=O)c(F)c1. The van der Waals surface area contributed by atoms with Crippen LogP contribution >= 0.6 is 22.9 Å². The summed E-state index contributed by atoms with van der Waals surface area (Å²) in [4.78, 5) is 12.9. The van der Waals surface area contributed by atoms with E-state index in [-0.39, 0.29) is 23.4 Å². The van der Waals surface area contributed by atoms with E-state index in [1.807, 2.05) is 17.7 Å². The van der Waals surface area contributed by atoms with Crippen molar-refractivity contribution in [2.75, 3.05) is 6.54 Å². The van der Waals surface area contributed by atoms with Crippen LogP contribution < -0.4 is 10.0 Å². The molecular weight excluding hydrogens is 495 g/mol. The van der Waals surface area contributed by atoms with E-state index in [4.69, 9.17) is 11.6 Å². The van der Waals surface area contributed by atoms with Gasteiger partial charge in [-0.15, -0.1) is 0 Å². The Labute approximate surface area is 205 Å². The van der Waals surface area contributed by atoms with E-state index in [0.717, 1.165) is 16.5 Å². The molecule has 2 N–H and O–H groups in total. The number of amides is 1. The topological polar surface area (TPSA) is 75.3 Å². The third kappa shape index (κ3) is 3.90. The number of nitrogens with one attached hydrogen (secondary N) is 2. The van der Waals surface area contributed by atoms with Gasteiger partial charge in [0.25, 0.3) is 0 Å². The molecule has 5 rings (SSSR count). The average molecular weight is 515 g/mol. The third-order valence-electron chi connectivity index (χ3n) is 6.16. The zero-order valence-corrected chi connectivity index (χ0v) is 20.5. The highest BCUT2D eigenvalue weighted by Gasteiger charge is 2.48. The van der Waals surface area contributed by atoms with Crippen LogP contribution in [0, 0.1) is 12.7 Å². The molecule has 0 radical (unpaired) electrons. The summed E-state index contributed by atoms with van der Waals surface area (Å²) in [6.45, 7) is 2.16. The number of rotatable bonds is 5. The molecule has 0 spiro atoms. The third-order valence-corrected chi connectivity index (χ3v) is 8.75. The largest absolute Gasteiger partial charge is 0.354 e. The highest BCUT2D eigenvalue weighted by Crippen LogP contribution is 2.36. The molecule has 1 amide bonds. The van der Waals surface area contributed by atoms with Gasteiger partial charge in [-0.25, -0.2) is 12.8 Å². The van der Waals surface area contributed by atoms with Gasteiger partial charge in [0.1, 0.15) is 11.4 Å². The molecule has 34 heavy (non-hydrogen) atoms. The maximum atomic E-state index is 15.4. The number of aryl methyl sites for hydroxylation is 1. The highest BCUT2D eigenvalue weighted by molar-refractivity contribution is 7.89. The Kier molecular flexibility index (Phi) is 5.72. The Balaban J connectivity index is 1.56. The molecular formula is C25H20ClFN2O3S2. The van der Waals surface area contributed by atoms with Crippen molar-refractivity contribution in [2.45, 2.75) is 23.8 Å². The number of thiophene rings is 1. The van der Waals surface area contributed by atoms with E-state index in [2.05, 4.69) is 10.0 Å². The molecule has 0 bridgehead atoms. The van der Waals surface area contributed by atoms with Gasteiger partial charge in [0.05, 0.1) is 4.90 Å². The molecule has 174 valence electrons. The van der Waals surface area contributed by atoms with Crippen LogP contribution in [0.15, 0.2) is 70.3 Å². The summed E-state index contributed by atoms with van der Waals surface area (Å²) in [6, 6.07) is 14.3. The van der Waals surface area contributed by atoms with Crippen molar-refractivity contribution in [1.82, 2.24) is 10.0 Å². The maximum absolute atomic E-state index is 15.4. The molecule has 5 nitrogen and oxygen atoms in total. The minimum atomic E-state index is -4.17. The molecule has 4 aromatic rings. The number of carbonyl (C=O) groups is 1. The van der Waals surface area contributed by atoms with Crippen LogP contribution in [-0.2, 0) is 20.4 Å². The number of carbonyl (C=O) groups excluding carboxylic acids is 1. The van der Waals surface area contributed by atoms with E-state index >= 15 is 4.39 Å². The molecule has 2 heterocycles. The second-order valence-corrected chi connectivity index (χ2v) is 11.2. The van der Waals surface area contributed by atoms with Crippen molar-refractivity contribution in [1.29, 1.82) is 0 Å². The summed E-state index contributed by atoms with van der Waals surface area (Å²) < 4.78 is 44.8. The molecule has 0 unspecified atom stereocenters. The molecule has 1 aromatic heterocycles. The zero-order valence-electron chi connectivity index (χ0n) is 18.1. The van der Waals surface area contributed by atoms with Gasteiger partial charge in [-0.3, -0.25) is 4.79 Å². The van der Waals surface area contributed by atoms with Crippen molar-refractivity contribution in [2.24, 2.45) is 0 Å². The van der Waals surface area contributed by atoms with Gasteiger partial charge >= 0.3 is 0 Å². The first kappa shape index (κ1) is 23.0. The highest BCUT2D eigenvalue weighted by atomic mass is 35.5. The van der Waals surface area contributed by atoms with Crippen LogP contribution in [0.2, 0.25) is 5.02 Å². The predicted octanol–water partition coefficient (Wildman–Crippen LogP) is 5.36. The Morgan fingerprint density at radius 1 is 1.06 bits per heavy atom. The Hall–Kier alpha value is -2.78. The standard InChI is InChI=1S/C25H20ClFN2O3S2/c1-15-13-33-14-21(15)18-4-7-22(23(27)12-18)25(8-9-28-24(25)30)29-34(31,32)20-6-3-16-10-19(26)5-2-17(16)11-20/h2-7,10-14,29H,8-9H2,1H3,(H,28,30)/t25-/m0/s1. The van der Waals surface area contributed by atoms with Crippen molar-refractivity contribution >= 4 is 49.6 Å². The smallest absolute Gasteiger partial charge is 0.246 e. The number of hydrogen-bond acceptors (Lipinski definition) is 4. The van der Waals surface area contributed by atoms with E-state index < -0.39 is 27.3 Å². The average Bonchev–Trinajstić information content (AvgIpc) is 3.38. The number of sulfonamides is 1. The zero-order chi connectivity index (χ0) is 24.1. The van der Waals surface area contributed by atoms with Crippen LogP contribution in [0.25, 0.3) is 21.9 Å². The second-order valence-electron chi connectivity index (χ2n) is 8.33. The van der Waals surface area contributed by atoms with Crippen molar-refractivity contribution in [3.8, 4) is 11.1 Å². The van der Waals surface area contributed by atoms with E-state index in [1.54, 1.807) is 30.3 Å². The fraction of sp³-hybridized carbons (Fsp3) is 0.160. The number of halogens is 2. The summed E-state index contributed by atoms with van der Waals surface area (Å²) >= 11 is 7.54. The van der Waals surface area contributed by atoms with Crippen molar-refractivity contribution in [3.05, 3.63) is 87.3 Å². The lowest BCUT2D eigenvalue weighted by atomic mass is 9.87. The van der Waals surface area contributed by atoms with Crippen LogP contribution in [0.4, 0.5) is 4.39 Å². The molecule has 1 aliphatic rings. The van der Waals surface area contributed by atoms with E-state index in [0.29, 0.717) is 16.0 Å². The summed E-state index contributed by atoms with van der Waals surface area (Å²) in [5.74, 6) is -1.22. The summed E-state index contributed by atoms with van der Waals surface area (Å²) in [7, 11) is -4.17. The fourth-order valence-electron chi connectivity index (χ4n) is 4.37. The lowest BCUT2D eigenvalue weighted by molar-refractivity contribution is -0.124. The monoisotopic (exact) mass is 514 g/mol. The van der Waals surface area contributed by atoms with Gasteiger partial charge in [0.15, 0.2) is 0 Å². The summed E-state index contributed by atoms with van der Waals surface area (Å²) in [5.41, 5.74) is 0.834. The number of benzene rings is 3. The van der Waals surface area contributed by atoms with Crippen LogP contribution in [0.5, 0.6) is 0 Å². The first-order valence-corrected chi connectivity index (χ1v) is 13.3. The predicted molar refractivity (Wildman–Crippen MR) is 133 cm³/mol. The van der Waals surface area contributed by atoms with Crippen LogP contribution in [0.1, 0.15) is 17.5 Å². The lowest BCUT2D eigenvalue weighted by Crippen LogP contribution is -2.51. The quantitative estimate of drug-likeness (QED) is 0.376. The van der Waals surface area contributed by atoms with Gasteiger partial charge in [0.2, 0.25) is 15.9 Å². The maximum Gasteiger partial charge on any atom is 0.246 e.